The smallest absolute Gasteiger partial charge is 0.157 e. The van der Waals surface area contributed by atoms with Crippen molar-refractivity contribution in [3.63, 3.8) is 0 Å². The highest BCUT2D eigenvalue weighted by molar-refractivity contribution is 6.11. The Balaban J connectivity index is 1.40. The van der Waals surface area contributed by atoms with Gasteiger partial charge in [-0.25, -0.2) is 4.99 Å². The van der Waals surface area contributed by atoms with Gasteiger partial charge >= 0.3 is 0 Å². The molecule has 5 rings (SSSR count). The van der Waals surface area contributed by atoms with Gasteiger partial charge in [0.05, 0.1) is 6.54 Å². The number of rotatable bonds is 6. The summed E-state index contributed by atoms with van der Waals surface area (Å²) < 4.78 is 0. The summed E-state index contributed by atoms with van der Waals surface area (Å²) in [5.41, 5.74) is 15.3. The van der Waals surface area contributed by atoms with Crippen LogP contribution in [0.15, 0.2) is 143 Å². The summed E-state index contributed by atoms with van der Waals surface area (Å²) in [7, 11) is 0. The van der Waals surface area contributed by atoms with Gasteiger partial charge in [-0.3, -0.25) is 4.99 Å². The molecule has 0 spiro atoms. The monoisotopic (exact) mass is 479 g/mol. The third kappa shape index (κ3) is 6.09. The van der Waals surface area contributed by atoms with E-state index >= 15 is 0 Å². The Morgan fingerprint density at radius 2 is 1.00 bits per heavy atom. The van der Waals surface area contributed by atoms with Gasteiger partial charge in [-0.15, -0.1) is 0 Å². The Kier molecular flexibility index (Phi) is 7.33. The summed E-state index contributed by atoms with van der Waals surface area (Å²) in [5.74, 6) is 1.06. The zero-order valence-electron chi connectivity index (χ0n) is 20.9. The van der Waals surface area contributed by atoms with Crippen LogP contribution in [0, 0.1) is 6.92 Å². The molecule has 0 amide bonds. The third-order valence-corrected chi connectivity index (χ3v) is 6.30. The number of amidine groups is 2. The first-order valence-corrected chi connectivity index (χ1v) is 12.4. The highest BCUT2D eigenvalue weighted by atomic mass is 15.0. The van der Waals surface area contributed by atoms with Gasteiger partial charge in [-0.05, 0) is 34.7 Å². The molecule has 0 bridgehead atoms. The molecule has 2 N–H and O–H groups in total. The number of benzene rings is 5. The number of aliphatic imine (C=N–C) groups is 2. The maximum atomic E-state index is 6.47. The molecule has 0 fully saturated rings. The second-order valence-electron chi connectivity index (χ2n) is 9.01. The Bertz CT molecular complexity index is 1500. The summed E-state index contributed by atoms with van der Waals surface area (Å²) >= 11 is 0. The molecule has 0 atom stereocenters. The van der Waals surface area contributed by atoms with E-state index in [0.717, 1.165) is 22.3 Å². The highest BCUT2D eigenvalue weighted by Crippen LogP contribution is 2.21. The molecule has 0 heterocycles. The van der Waals surface area contributed by atoms with Crippen LogP contribution in [-0.4, -0.2) is 11.7 Å². The minimum absolute atomic E-state index is 0.443. The van der Waals surface area contributed by atoms with Crippen molar-refractivity contribution in [2.75, 3.05) is 0 Å². The highest BCUT2D eigenvalue weighted by Gasteiger charge is 2.07. The number of nitrogens with two attached hydrogens (primary N) is 1. The molecule has 0 aliphatic carbocycles. The Hall–Kier alpha value is -4.76. The quantitative estimate of drug-likeness (QED) is 0.197. The molecule has 0 radical (unpaired) electrons. The fraction of sp³-hybridized carbons (Fsp3) is 0.0588. The first kappa shape index (κ1) is 24.0. The van der Waals surface area contributed by atoms with Gasteiger partial charge in [-0.1, -0.05) is 139 Å². The summed E-state index contributed by atoms with van der Waals surface area (Å²) in [5, 5.41) is 0. The molecule has 3 heteroatoms. The van der Waals surface area contributed by atoms with E-state index in [9.17, 15) is 0 Å². The van der Waals surface area contributed by atoms with Crippen LogP contribution in [0.1, 0.15) is 22.3 Å². The largest absolute Gasteiger partial charge is 0.383 e. The molecular weight excluding hydrogens is 450 g/mol. The van der Waals surface area contributed by atoms with Crippen molar-refractivity contribution in [2.24, 2.45) is 15.7 Å². The molecule has 5 aromatic rings. The Labute approximate surface area is 218 Å². The molecule has 37 heavy (non-hydrogen) atoms. The Morgan fingerprint density at radius 1 is 0.541 bits per heavy atom. The first-order chi connectivity index (χ1) is 18.2. The summed E-state index contributed by atoms with van der Waals surface area (Å²) in [4.78, 5) is 9.65. The minimum Gasteiger partial charge on any atom is -0.383 e. The predicted octanol–water partition coefficient (Wildman–Crippen LogP) is 7.68. The van der Waals surface area contributed by atoms with Crippen LogP contribution in [0.5, 0.6) is 0 Å². The molecule has 0 aliphatic rings. The fourth-order valence-electron chi connectivity index (χ4n) is 4.14. The van der Waals surface area contributed by atoms with Gasteiger partial charge in [-0.2, -0.15) is 0 Å². The lowest BCUT2D eigenvalue weighted by atomic mass is 10.0. The molecule has 5 aromatic carbocycles. The van der Waals surface area contributed by atoms with Crippen LogP contribution < -0.4 is 5.73 Å². The minimum atomic E-state index is 0.443. The SMILES string of the molecule is Cc1ccc(C(N=C(N)c2ccc(-c3ccccc3)cc2)=NCc2ccc(-c3ccccc3)cc2)cc1. The molecular formula is C34H29N3. The zero-order valence-corrected chi connectivity index (χ0v) is 20.9. The van der Waals surface area contributed by atoms with E-state index < -0.39 is 0 Å². The molecule has 0 aromatic heterocycles. The summed E-state index contributed by atoms with van der Waals surface area (Å²) in [6.07, 6.45) is 0. The summed E-state index contributed by atoms with van der Waals surface area (Å²) in [6, 6.07) is 45.6. The lowest BCUT2D eigenvalue weighted by molar-refractivity contribution is 1.06. The van der Waals surface area contributed by atoms with Crippen molar-refractivity contribution in [3.8, 4) is 22.3 Å². The average Bonchev–Trinajstić information content (AvgIpc) is 2.97. The van der Waals surface area contributed by atoms with Gasteiger partial charge in [0.1, 0.15) is 5.84 Å². The van der Waals surface area contributed by atoms with Gasteiger partial charge in [0.15, 0.2) is 5.84 Å². The van der Waals surface area contributed by atoms with E-state index in [2.05, 4.69) is 91.9 Å². The van der Waals surface area contributed by atoms with E-state index in [1.165, 1.54) is 22.3 Å². The van der Waals surface area contributed by atoms with Gasteiger partial charge < -0.3 is 5.73 Å². The average molecular weight is 480 g/mol. The van der Waals surface area contributed by atoms with Crippen LogP contribution in [0.3, 0.4) is 0 Å². The number of hydrogen-bond donors (Lipinski definition) is 1. The van der Waals surface area contributed by atoms with Crippen LogP contribution in [-0.2, 0) is 6.54 Å². The lowest BCUT2D eigenvalue weighted by Gasteiger charge is -2.08. The Morgan fingerprint density at radius 3 is 1.54 bits per heavy atom. The van der Waals surface area contributed by atoms with Crippen molar-refractivity contribution >= 4 is 11.7 Å². The molecule has 0 unspecified atom stereocenters. The number of nitrogens with zero attached hydrogens (tertiary/aromatic N) is 2. The molecule has 0 saturated carbocycles. The van der Waals surface area contributed by atoms with E-state index in [1.807, 2.05) is 48.5 Å². The topological polar surface area (TPSA) is 50.7 Å². The van der Waals surface area contributed by atoms with E-state index in [0.29, 0.717) is 18.2 Å². The molecule has 3 nitrogen and oxygen atoms in total. The van der Waals surface area contributed by atoms with Gasteiger partial charge in [0, 0.05) is 11.1 Å². The van der Waals surface area contributed by atoms with Crippen molar-refractivity contribution in [1.82, 2.24) is 0 Å². The van der Waals surface area contributed by atoms with E-state index in [-0.39, 0.29) is 0 Å². The van der Waals surface area contributed by atoms with Crippen molar-refractivity contribution in [1.29, 1.82) is 0 Å². The predicted molar refractivity (Wildman–Crippen MR) is 156 cm³/mol. The fourth-order valence-corrected chi connectivity index (χ4v) is 4.14. The van der Waals surface area contributed by atoms with Gasteiger partial charge in [0.2, 0.25) is 0 Å². The third-order valence-electron chi connectivity index (χ3n) is 6.30. The zero-order chi connectivity index (χ0) is 25.5. The first-order valence-electron chi connectivity index (χ1n) is 12.4. The lowest BCUT2D eigenvalue weighted by Crippen LogP contribution is -2.16. The normalized spacial score (nSPS) is 11.9. The van der Waals surface area contributed by atoms with Crippen LogP contribution in [0.25, 0.3) is 22.3 Å². The van der Waals surface area contributed by atoms with Crippen molar-refractivity contribution in [2.45, 2.75) is 13.5 Å². The van der Waals surface area contributed by atoms with Crippen molar-refractivity contribution < 1.29 is 0 Å². The standard InChI is InChI=1S/C34H29N3/c1-25-12-16-32(17-13-25)34(36-24-26-14-18-29(19-15-26)27-8-4-2-5-9-27)37-33(35)31-22-20-30(21-23-31)28-10-6-3-7-11-28/h2-23H,24H2,1H3,(H2,35,36,37). The second-order valence-corrected chi connectivity index (χ2v) is 9.01. The van der Waals surface area contributed by atoms with Crippen LogP contribution >= 0.6 is 0 Å². The van der Waals surface area contributed by atoms with Gasteiger partial charge in [0.25, 0.3) is 0 Å². The van der Waals surface area contributed by atoms with Crippen molar-refractivity contribution in [3.05, 3.63) is 156 Å². The number of aryl methyl sites for hydroxylation is 1. The summed E-state index contributed by atoms with van der Waals surface area (Å²) in [6.45, 7) is 2.59. The van der Waals surface area contributed by atoms with Crippen LogP contribution in [0.2, 0.25) is 0 Å². The van der Waals surface area contributed by atoms with E-state index in [4.69, 9.17) is 15.7 Å². The maximum Gasteiger partial charge on any atom is 0.157 e. The number of hydrogen-bond acceptors (Lipinski definition) is 1. The maximum absolute atomic E-state index is 6.47. The molecule has 180 valence electrons. The second kappa shape index (κ2) is 11.3. The van der Waals surface area contributed by atoms with Crippen LogP contribution in [0.4, 0.5) is 0 Å². The molecule has 0 saturated heterocycles. The molecule has 0 aliphatic heterocycles. The van der Waals surface area contributed by atoms with E-state index in [1.54, 1.807) is 0 Å².